The number of carbonyl (C=O) groups excluding carboxylic acids is 2. The van der Waals surface area contributed by atoms with Gasteiger partial charge in [0.2, 0.25) is 11.8 Å². The number of carbonyl (C=O) groups is 2. The van der Waals surface area contributed by atoms with Gasteiger partial charge in [-0.25, -0.2) is 0 Å². The molecular formula is C12H17NO4. The summed E-state index contributed by atoms with van der Waals surface area (Å²) >= 11 is 0. The number of aliphatic hydroxyl groups excluding tert-OH is 1. The fourth-order valence-electron chi connectivity index (χ4n) is 3.94. The first kappa shape index (κ1) is 11.2. The minimum absolute atomic E-state index is 0.00785. The van der Waals surface area contributed by atoms with Crippen LogP contribution in [0.3, 0.4) is 0 Å². The Balaban J connectivity index is 2.01. The van der Waals surface area contributed by atoms with Crippen LogP contribution in [0, 0.1) is 17.8 Å². The Hall–Kier alpha value is -0.940. The monoisotopic (exact) mass is 239 g/mol. The van der Waals surface area contributed by atoms with Crippen molar-refractivity contribution in [1.82, 2.24) is 5.32 Å². The van der Waals surface area contributed by atoms with Crippen molar-refractivity contribution in [2.24, 2.45) is 17.8 Å². The summed E-state index contributed by atoms with van der Waals surface area (Å²) in [5.41, 5.74) is -0.602. The van der Waals surface area contributed by atoms with Gasteiger partial charge < -0.3 is 9.84 Å². The highest BCUT2D eigenvalue weighted by molar-refractivity contribution is 6.06. The van der Waals surface area contributed by atoms with Crippen LogP contribution in [0.2, 0.25) is 0 Å². The third-order valence-electron chi connectivity index (χ3n) is 4.71. The number of aliphatic hydroxyl groups is 1. The van der Waals surface area contributed by atoms with Gasteiger partial charge in [-0.3, -0.25) is 14.9 Å². The van der Waals surface area contributed by atoms with Gasteiger partial charge in [0.1, 0.15) is 0 Å². The summed E-state index contributed by atoms with van der Waals surface area (Å²) in [4.78, 5) is 23.6. The molecule has 0 radical (unpaired) electrons. The number of nitrogens with one attached hydrogen (secondary N) is 1. The molecule has 3 fully saturated rings. The maximum atomic E-state index is 11.9. The van der Waals surface area contributed by atoms with Crippen LogP contribution in [-0.2, 0) is 14.3 Å². The van der Waals surface area contributed by atoms with Crippen LogP contribution >= 0.6 is 0 Å². The fourth-order valence-corrected chi connectivity index (χ4v) is 3.94. The Kier molecular flexibility index (Phi) is 2.32. The molecule has 2 bridgehead atoms. The molecule has 0 spiro atoms. The van der Waals surface area contributed by atoms with Crippen LogP contribution in [-0.4, -0.2) is 35.2 Å². The van der Waals surface area contributed by atoms with E-state index in [1.807, 2.05) is 6.92 Å². The summed E-state index contributed by atoms with van der Waals surface area (Å²) in [6.45, 7) is 1.99. The average molecular weight is 239 g/mol. The number of imide groups is 1. The third-order valence-corrected chi connectivity index (χ3v) is 4.71. The second-order valence-corrected chi connectivity index (χ2v) is 5.29. The molecule has 3 heterocycles. The zero-order chi connectivity index (χ0) is 12.2. The van der Waals surface area contributed by atoms with E-state index in [0.717, 1.165) is 19.3 Å². The van der Waals surface area contributed by atoms with Gasteiger partial charge >= 0.3 is 0 Å². The number of amides is 2. The summed E-state index contributed by atoms with van der Waals surface area (Å²) in [6.07, 6.45) is 2.22. The molecule has 5 nitrogen and oxygen atoms in total. The minimum Gasteiger partial charge on any atom is -0.396 e. The van der Waals surface area contributed by atoms with Crippen LogP contribution in [0.5, 0.6) is 0 Å². The SMILES string of the molecule is CCC(CO)C12CCC(O1)C1C(=O)NC(=O)C12. The highest BCUT2D eigenvalue weighted by atomic mass is 16.5. The summed E-state index contributed by atoms with van der Waals surface area (Å²) in [5, 5.41) is 11.9. The zero-order valence-electron chi connectivity index (χ0n) is 9.81. The Labute approximate surface area is 99.5 Å². The molecule has 2 amide bonds. The van der Waals surface area contributed by atoms with Gasteiger partial charge in [0.25, 0.3) is 0 Å². The van der Waals surface area contributed by atoms with Crippen molar-refractivity contribution in [3.05, 3.63) is 0 Å². The standard InChI is InChI=1S/C12H17NO4/c1-2-6(5-14)12-4-3-7(17-12)8-9(12)11(16)13-10(8)15/h6-9,14H,2-5H2,1H3,(H,13,15,16). The van der Waals surface area contributed by atoms with Crippen molar-refractivity contribution < 1.29 is 19.4 Å². The zero-order valence-corrected chi connectivity index (χ0v) is 9.81. The van der Waals surface area contributed by atoms with Crippen molar-refractivity contribution in [1.29, 1.82) is 0 Å². The first-order chi connectivity index (χ1) is 8.14. The van der Waals surface area contributed by atoms with Gasteiger partial charge in [-0.05, 0) is 19.3 Å². The van der Waals surface area contributed by atoms with Crippen molar-refractivity contribution in [3.8, 4) is 0 Å². The molecule has 2 N–H and O–H groups in total. The normalized spacial score (nSPS) is 44.9. The van der Waals surface area contributed by atoms with Gasteiger partial charge in [0.15, 0.2) is 0 Å². The molecule has 0 saturated carbocycles. The number of ether oxygens (including phenoxy) is 1. The van der Waals surface area contributed by atoms with E-state index in [9.17, 15) is 14.7 Å². The predicted octanol–water partition coefficient (Wildman–Crippen LogP) is -0.175. The van der Waals surface area contributed by atoms with Crippen molar-refractivity contribution >= 4 is 11.8 Å². The highest BCUT2D eigenvalue weighted by Crippen LogP contribution is 2.57. The second-order valence-electron chi connectivity index (χ2n) is 5.29. The molecule has 5 atom stereocenters. The van der Waals surface area contributed by atoms with E-state index in [1.165, 1.54) is 0 Å². The Morgan fingerprint density at radius 2 is 2.29 bits per heavy atom. The quantitative estimate of drug-likeness (QED) is 0.670. The molecule has 0 aliphatic carbocycles. The molecule has 0 aromatic heterocycles. The molecule has 3 aliphatic heterocycles. The fraction of sp³-hybridized carbons (Fsp3) is 0.833. The molecule has 94 valence electrons. The maximum absolute atomic E-state index is 11.9. The molecule has 3 rings (SSSR count). The van der Waals surface area contributed by atoms with Crippen LogP contribution in [0.25, 0.3) is 0 Å². The molecule has 17 heavy (non-hydrogen) atoms. The van der Waals surface area contributed by atoms with Gasteiger partial charge in [-0.15, -0.1) is 0 Å². The summed E-state index contributed by atoms with van der Waals surface area (Å²) < 4.78 is 5.97. The minimum atomic E-state index is -0.602. The predicted molar refractivity (Wildman–Crippen MR) is 57.8 cm³/mol. The van der Waals surface area contributed by atoms with E-state index in [-0.39, 0.29) is 42.3 Å². The van der Waals surface area contributed by atoms with Crippen LogP contribution in [0.1, 0.15) is 26.2 Å². The van der Waals surface area contributed by atoms with E-state index in [1.54, 1.807) is 0 Å². The van der Waals surface area contributed by atoms with E-state index < -0.39 is 5.60 Å². The molecule has 0 aromatic carbocycles. The Morgan fingerprint density at radius 1 is 1.53 bits per heavy atom. The van der Waals surface area contributed by atoms with Crippen LogP contribution in [0.15, 0.2) is 0 Å². The largest absolute Gasteiger partial charge is 0.396 e. The van der Waals surface area contributed by atoms with Crippen molar-refractivity contribution in [3.63, 3.8) is 0 Å². The number of hydrogen-bond donors (Lipinski definition) is 2. The van der Waals surface area contributed by atoms with E-state index in [4.69, 9.17) is 4.74 Å². The molecule has 3 saturated heterocycles. The Bertz CT molecular complexity index is 379. The van der Waals surface area contributed by atoms with Gasteiger partial charge in [-0.1, -0.05) is 6.92 Å². The average Bonchev–Trinajstić information content (AvgIpc) is 2.93. The number of fused-ring (bicyclic) bond motifs is 5. The lowest BCUT2D eigenvalue weighted by Crippen LogP contribution is -2.48. The molecule has 5 unspecified atom stereocenters. The molecule has 5 heteroatoms. The third kappa shape index (κ3) is 1.21. The number of rotatable bonds is 3. The smallest absolute Gasteiger partial charge is 0.233 e. The lowest BCUT2D eigenvalue weighted by Gasteiger charge is -2.36. The molecule has 0 aromatic rings. The lowest BCUT2D eigenvalue weighted by molar-refractivity contribution is -0.135. The van der Waals surface area contributed by atoms with E-state index in [0.29, 0.717) is 0 Å². The van der Waals surface area contributed by atoms with E-state index >= 15 is 0 Å². The highest BCUT2D eigenvalue weighted by Gasteiger charge is 2.69. The molecule has 3 aliphatic rings. The van der Waals surface area contributed by atoms with Gasteiger partial charge in [-0.2, -0.15) is 0 Å². The molecular weight excluding hydrogens is 222 g/mol. The Morgan fingerprint density at radius 3 is 2.94 bits per heavy atom. The first-order valence-corrected chi connectivity index (χ1v) is 6.27. The number of hydrogen-bond acceptors (Lipinski definition) is 4. The van der Waals surface area contributed by atoms with Gasteiger partial charge in [0.05, 0.1) is 23.5 Å². The first-order valence-electron chi connectivity index (χ1n) is 6.27. The summed E-state index contributed by atoms with van der Waals surface area (Å²) in [5.74, 6) is -1.17. The second kappa shape index (κ2) is 3.53. The van der Waals surface area contributed by atoms with Crippen molar-refractivity contribution in [2.75, 3.05) is 6.61 Å². The van der Waals surface area contributed by atoms with Crippen molar-refractivity contribution in [2.45, 2.75) is 37.9 Å². The maximum Gasteiger partial charge on any atom is 0.233 e. The van der Waals surface area contributed by atoms with Gasteiger partial charge in [0, 0.05) is 12.5 Å². The van der Waals surface area contributed by atoms with Crippen LogP contribution < -0.4 is 5.32 Å². The van der Waals surface area contributed by atoms with Crippen LogP contribution in [0.4, 0.5) is 0 Å². The van der Waals surface area contributed by atoms with E-state index in [2.05, 4.69) is 5.32 Å². The topological polar surface area (TPSA) is 75.6 Å². The summed E-state index contributed by atoms with van der Waals surface area (Å²) in [7, 11) is 0. The lowest BCUT2D eigenvalue weighted by atomic mass is 9.67. The summed E-state index contributed by atoms with van der Waals surface area (Å²) in [6, 6.07) is 0.